The summed E-state index contributed by atoms with van der Waals surface area (Å²) in [5.74, 6) is -0.0614. The zero-order valence-corrected chi connectivity index (χ0v) is 14.9. The quantitative estimate of drug-likeness (QED) is 0.686. The Morgan fingerprint density at radius 3 is 2.72 bits per heavy atom. The number of furan rings is 1. The van der Waals surface area contributed by atoms with E-state index in [1.54, 1.807) is 37.4 Å². The smallest absolute Gasteiger partial charge is 0.272 e. The van der Waals surface area contributed by atoms with E-state index in [0.717, 1.165) is 0 Å². The Morgan fingerprint density at radius 2 is 2.00 bits per heavy atom. The highest BCUT2D eigenvalue weighted by molar-refractivity contribution is 9.10. The summed E-state index contributed by atoms with van der Waals surface area (Å²) in [5, 5.41) is 9.52. The average Bonchev–Trinajstić information content (AvgIpc) is 3.23. The molecule has 0 bridgehead atoms. The third-order valence-electron chi connectivity index (χ3n) is 3.52. The number of nitrogens with one attached hydrogen (secondary N) is 2. The van der Waals surface area contributed by atoms with Crippen LogP contribution < -0.4 is 10.6 Å². The molecule has 25 heavy (non-hydrogen) atoms. The van der Waals surface area contributed by atoms with Crippen LogP contribution in [-0.2, 0) is 13.6 Å². The van der Waals surface area contributed by atoms with Gasteiger partial charge in [0.2, 0.25) is 0 Å². The van der Waals surface area contributed by atoms with Gasteiger partial charge in [0.05, 0.1) is 30.3 Å². The maximum absolute atomic E-state index is 12.5. The van der Waals surface area contributed by atoms with E-state index in [9.17, 15) is 9.59 Å². The molecule has 2 aromatic heterocycles. The first kappa shape index (κ1) is 17.0. The zero-order chi connectivity index (χ0) is 17.8. The van der Waals surface area contributed by atoms with Crippen molar-refractivity contribution in [3.05, 3.63) is 70.3 Å². The van der Waals surface area contributed by atoms with Crippen molar-refractivity contribution in [1.82, 2.24) is 15.1 Å². The minimum Gasteiger partial charge on any atom is -0.467 e. The minimum absolute atomic E-state index is 0.245. The fourth-order valence-corrected chi connectivity index (χ4v) is 2.76. The van der Waals surface area contributed by atoms with Crippen molar-refractivity contribution in [2.75, 3.05) is 5.32 Å². The van der Waals surface area contributed by atoms with Crippen LogP contribution >= 0.6 is 15.9 Å². The molecule has 0 aliphatic carbocycles. The van der Waals surface area contributed by atoms with Crippen LogP contribution in [0.1, 0.15) is 26.6 Å². The molecule has 2 heterocycles. The summed E-state index contributed by atoms with van der Waals surface area (Å²) in [6.07, 6.45) is 2.98. The molecule has 2 amide bonds. The number of nitrogens with zero attached hydrogens (tertiary/aromatic N) is 2. The fourth-order valence-electron chi connectivity index (χ4n) is 2.30. The zero-order valence-electron chi connectivity index (χ0n) is 13.3. The standard InChI is InChI=1S/C17H15BrN4O3/c1-22-15(17(24)19-9-11-5-4-8-25-11)14(10-20-22)21-16(23)12-6-2-3-7-13(12)18/h2-8,10H,9H2,1H3,(H,19,24)(H,21,23). The predicted molar refractivity (Wildman–Crippen MR) is 95.2 cm³/mol. The van der Waals surface area contributed by atoms with Crippen LogP contribution in [0.15, 0.2) is 57.7 Å². The number of rotatable bonds is 5. The van der Waals surface area contributed by atoms with E-state index in [1.807, 2.05) is 6.07 Å². The Morgan fingerprint density at radius 1 is 1.20 bits per heavy atom. The van der Waals surface area contributed by atoms with Crippen molar-refractivity contribution in [2.45, 2.75) is 6.54 Å². The minimum atomic E-state index is -0.362. The summed E-state index contributed by atoms with van der Waals surface area (Å²) in [4.78, 5) is 24.9. The van der Waals surface area contributed by atoms with Gasteiger partial charge in [-0.1, -0.05) is 12.1 Å². The van der Waals surface area contributed by atoms with E-state index in [0.29, 0.717) is 21.5 Å². The maximum atomic E-state index is 12.5. The lowest BCUT2D eigenvalue weighted by molar-refractivity contribution is 0.0939. The van der Waals surface area contributed by atoms with E-state index in [4.69, 9.17) is 4.42 Å². The van der Waals surface area contributed by atoms with Crippen LogP contribution in [0.25, 0.3) is 0 Å². The van der Waals surface area contributed by atoms with Gasteiger partial charge in [-0.15, -0.1) is 0 Å². The number of anilines is 1. The lowest BCUT2D eigenvalue weighted by atomic mass is 10.2. The Kier molecular flexibility index (Phi) is 4.99. The van der Waals surface area contributed by atoms with E-state index in [1.165, 1.54) is 17.1 Å². The van der Waals surface area contributed by atoms with E-state index < -0.39 is 0 Å². The molecule has 0 saturated carbocycles. The third kappa shape index (κ3) is 3.80. The molecular weight excluding hydrogens is 388 g/mol. The monoisotopic (exact) mass is 402 g/mol. The van der Waals surface area contributed by atoms with Crippen molar-refractivity contribution >= 4 is 33.4 Å². The van der Waals surface area contributed by atoms with Crippen LogP contribution in [-0.4, -0.2) is 21.6 Å². The first-order chi connectivity index (χ1) is 12.1. The van der Waals surface area contributed by atoms with E-state index >= 15 is 0 Å². The lowest BCUT2D eigenvalue weighted by Gasteiger charge is -2.09. The van der Waals surface area contributed by atoms with Crippen LogP contribution in [0.2, 0.25) is 0 Å². The van der Waals surface area contributed by atoms with Crippen LogP contribution in [0.5, 0.6) is 0 Å². The second-order valence-electron chi connectivity index (χ2n) is 5.23. The number of benzene rings is 1. The number of hydrogen-bond acceptors (Lipinski definition) is 4. The molecule has 8 heteroatoms. The van der Waals surface area contributed by atoms with Gasteiger partial charge in [0.25, 0.3) is 11.8 Å². The van der Waals surface area contributed by atoms with Gasteiger partial charge < -0.3 is 15.1 Å². The first-order valence-corrected chi connectivity index (χ1v) is 8.24. The second kappa shape index (κ2) is 7.35. The third-order valence-corrected chi connectivity index (χ3v) is 4.22. The largest absolute Gasteiger partial charge is 0.467 e. The molecule has 3 rings (SSSR count). The summed E-state index contributed by atoms with van der Waals surface area (Å²) in [6, 6.07) is 10.5. The molecule has 0 spiro atoms. The second-order valence-corrected chi connectivity index (χ2v) is 6.08. The van der Waals surface area contributed by atoms with Gasteiger partial charge in [0.15, 0.2) is 0 Å². The predicted octanol–water partition coefficient (Wildman–Crippen LogP) is 2.96. The molecule has 7 nitrogen and oxygen atoms in total. The number of carbonyl (C=O) groups is 2. The van der Waals surface area contributed by atoms with Gasteiger partial charge in [-0.3, -0.25) is 14.3 Å². The molecule has 128 valence electrons. The highest BCUT2D eigenvalue weighted by Crippen LogP contribution is 2.20. The molecule has 0 atom stereocenters. The van der Waals surface area contributed by atoms with Crippen molar-refractivity contribution < 1.29 is 14.0 Å². The molecule has 0 saturated heterocycles. The molecule has 0 aliphatic heterocycles. The number of aryl methyl sites for hydroxylation is 1. The lowest BCUT2D eigenvalue weighted by Crippen LogP contribution is -2.26. The molecule has 1 aromatic carbocycles. The number of hydrogen-bond donors (Lipinski definition) is 2. The Labute approximate surface area is 152 Å². The number of amides is 2. The number of aromatic nitrogens is 2. The van der Waals surface area contributed by atoms with E-state index in [-0.39, 0.29) is 24.1 Å². The summed E-state index contributed by atoms with van der Waals surface area (Å²) in [5.41, 5.74) is 1.06. The van der Waals surface area contributed by atoms with Gasteiger partial charge in [-0.2, -0.15) is 5.10 Å². The van der Waals surface area contributed by atoms with Gasteiger partial charge in [0.1, 0.15) is 11.5 Å². The summed E-state index contributed by atoms with van der Waals surface area (Å²) in [6.45, 7) is 0.245. The number of carbonyl (C=O) groups excluding carboxylic acids is 2. The van der Waals surface area contributed by atoms with Gasteiger partial charge in [-0.25, -0.2) is 0 Å². The van der Waals surface area contributed by atoms with Crippen LogP contribution in [0.3, 0.4) is 0 Å². The maximum Gasteiger partial charge on any atom is 0.272 e. The first-order valence-electron chi connectivity index (χ1n) is 7.44. The van der Waals surface area contributed by atoms with Crippen molar-refractivity contribution in [3.8, 4) is 0 Å². The van der Waals surface area contributed by atoms with Gasteiger partial charge in [0, 0.05) is 11.5 Å². The van der Waals surface area contributed by atoms with Crippen molar-refractivity contribution in [1.29, 1.82) is 0 Å². The Bertz CT molecular complexity index is 903. The average molecular weight is 403 g/mol. The summed E-state index contributed by atoms with van der Waals surface area (Å²) < 4.78 is 7.26. The van der Waals surface area contributed by atoms with Gasteiger partial charge in [-0.05, 0) is 40.2 Å². The Hall–Kier alpha value is -2.87. The van der Waals surface area contributed by atoms with Crippen molar-refractivity contribution in [3.63, 3.8) is 0 Å². The van der Waals surface area contributed by atoms with Crippen molar-refractivity contribution in [2.24, 2.45) is 7.05 Å². The van der Waals surface area contributed by atoms with Crippen LogP contribution in [0.4, 0.5) is 5.69 Å². The van der Waals surface area contributed by atoms with Crippen LogP contribution in [0, 0.1) is 0 Å². The highest BCUT2D eigenvalue weighted by atomic mass is 79.9. The van der Waals surface area contributed by atoms with Gasteiger partial charge >= 0.3 is 0 Å². The Balaban J connectivity index is 1.76. The number of halogens is 1. The molecule has 0 aliphatic rings. The summed E-state index contributed by atoms with van der Waals surface area (Å²) in [7, 11) is 1.63. The fraction of sp³-hybridized carbons (Fsp3) is 0.118. The molecule has 0 unspecified atom stereocenters. The SMILES string of the molecule is Cn1ncc(NC(=O)c2ccccc2Br)c1C(=O)NCc1ccco1. The highest BCUT2D eigenvalue weighted by Gasteiger charge is 2.20. The summed E-state index contributed by atoms with van der Waals surface area (Å²) >= 11 is 3.34. The molecule has 0 radical (unpaired) electrons. The molecule has 2 N–H and O–H groups in total. The topological polar surface area (TPSA) is 89.2 Å². The molecule has 0 fully saturated rings. The molecule has 3 aromatic rings. The normalized spacial score (nSPS) is 10.5. The van der Waals surface area contributed by atoms with E-state index in [2.05, 4.69) is 31.7 Å². The molecular formula is C17H15BrN4O3.